The molecule has 0 aliphatic rings. The Morgan fingerprint density at radius 3 is 2.00 bits per heavy atom. The van der Waals surface area contributed by atoms with Crippen molar-refractivity contribution in [1.82, 2.24) is 5.32 Å². The number of guanidine groups is 1. The van der Waals surface area contributed by atoms with Gasteiger partial charge in [0.25, 0.3) is 0 Å². The average molecular weight is 284 g/mol. The van der Waals surface area contributed by atoms with E-state index in [4.69, 9.17) is 11.1 Å². The third-order valence-corrected chi connectivity index (χ3v) is 4.04. The maximum Gasteiger partial charge on any atom is 0.185 e. The summed E-state index contributed by atoms with van der Waals surface area (Å²) in [5, 5.41) is 10.0. The van der Waals surface area contributed by atoms with E-state index < -0.39 is 0 Å². The number of hydrogen-bond donors (Lipinski definition) is 3. The van der Waals surface area contributed by atoms with Crippen LogP contribution in [0.4, 0.5) is 0 Å². The fourth-order valence-electron chi connectivity index (χ4n) is 2.74. The molecular weight excluding hydrogens is 246 g/mol. The van der Waals surface area contributed by atoms with E-state index in [1.54, 1.807) is 0 Å². The maximum absolute atomic E-state index is 7.12. The second kappa shape index (κ2) is 14.7. The van der Waals surface area contributed by atoms with E-state index in [1.807, 2.05) is 0 Å². The minimum atomic E-state index is 0.100. The van der Waals surface area contributed by atoms with Crippen molar-refractivity contribution in [3.05, 3.63) is 0 Å². The number of hydrogen-bond acceptors (Lipinski definition) is 1. The smallest absolute Gasteiger partial charge is 0.185 e. The molecule has 0 saturated carbocycles. The van der Waals surface area contributed by atoms with Gasteiger partial charge in [-0.2, -0.15) is 0 Å². The maximum atomic E-state index is 7.12. The normalized spacial score (nSPS) is 12.3. The summed E-state index contributed by atoms with van der Waals surface area (Å²) in [5.74, 6) is 1.03. The van der Waals surface area contributed by atoms with Crippen LogP contribution < -0.4 is 11.1 Å². The Bertz CT molecular complexity index is 216. The van der Waals surface area contributed by atoms with Gasteiger partial charge in [0.05, 0.1) is 0 Å². The highest BCUT2D eigenvalue weighted by atomic mass is 15.0. The van der Waals surface area contributed by atoms with E-state index in [1.165, 1.54) is 70.6 Å². The zero-order valence-corrected chi connectivity index (χ0v) is 13.8. The van der Waals surface area contributed by atoms with Gasteiger partial charge < -0.3 is 11.1 Å². The molecule has 0 aromatic rings. The second-order valence-corrected chi connectivity index (χ2v) is 6.05. The molecule has 0 aliphatic carbocycles. The van der Waals surface area contributed by atoms with Crippen molar-refractivity contribution in [1.29, 1.82) is 5.41 Å². The van der Waals surface area contributed by atoms with E-state index >= 15 is 0 Å². The van der Waals surface area contributed by atoms with Crippen LogP contribution in [0.15, 0.2) is 0 Å². The van der Waals surface area contributed by atoms with Crippen molar-refractivity contribution in [2.45, 2.75) is 90.9 Å². The summed E-state index contributed by atoms with van der Waals surface area (Å²) in [7, 11) is 0. The molecule has 0 saturated heterocycles. The van der Waals surface area contributed by atoms with Crippen LogP contribution in [0.25, 0.3) is 0 Å². The molecule has 1 atom stereocenters. The first-order valence-electron chi connectivity index (χ1n) is 8.78. The fraction of sp³-hybridized carbons (Fsp3) is 0.941. The highest BCUT2D eigenvalue weighted by Gasteiger charge is 2.08. The van der Waals surface area contributed by atoms with Gasteiger partial charge in [0.15, 0.2) is 5.96 Å². The molecule has 0 bridgehead atoms. The van der Waals surface area contributed by atoms with Crippen LogP contribution in [0, 0.1) is 11.3 Å². The minimum absolute atomic E-state index is 0.100. The summed E-state index contributed by atoms with van der Waals surface area (Å²) in [5.41, 5.74) is 5.28. The molecule has 4 N–H and O–H groups in total. The Kier molecular flexibility index (Phi) is 14.1. The molecule has 0 amide bonds. The summed E-state index contributed by atoms with van der Waals surface area (Å²) in [6.45, 7) is 5.42. The van der Waals surface area contributed by atoms with Crippen LogP contribution in [0.3, 0.4) is 0 Å². The van der Waals surface area contributed by atoms with Crippen LogP contribution >= 0.6 is 0 Å². The summed E-state index contributed by atoms with van der Waals surface area (Å²) in [6, 6.07) is 0. The van der Waals surface area contributed by atoms with Crippen molar-refractivity contribution >= 4 is 5.96 Å². The highest BCUT2D eigenvalue weighted by Crippen LogP contribution is 2.22. The van der Waals surface area contributed by atoms with Crippen molar-refractivity contribution < 1.29 is 0 Å². The molecular formula is C17H37N3. The molecule has 3 heteroatoms. The highest BCUT2D eigenvalue weighted by molar-refractivity contribution is 5.74. The Balaban J connectivity index is 3.64. The van der Waals surface area contributed by atoms with E-state index in [9.17, 15) is 0 Å². The predicted octanol–water partition coefficient (Wildman–Crippen LogP) is 4.81. The molecule has 0 heterocycles. The van der Waals surface area contributed by atoms with E-state index in [-0.39, 0.29) is 5.96 Å². The Labute approximate surface area is 126 Å². The lowest BCUT2D eigenvalue weighted by molar-refractivity contribution is 0.374. The molecule has 0 spiro atoms. The molecule has 0 fully saturated rings. The third-order valence-electron chi connectivity index (χ3n) is 4.04. The molecule has 120 valence electrons. The second-order valence-electron chi connectivity index (χ2n) is 6.05. The Morgan fingerprint density at radius 2 is 1.40 bits per heavy atom. The van der Waals surface area contributed by atoms with Gasteiger partial charge in [0, 0.05) is 6.54 Å². The number of nitrogens with one attached hydrogen (secondary N) is 2. The van der Waals surface area contributed by atoms with Gasteiger partial charge >= 0.3 is 0 Å². The van der Waals surface area contributed by atoms with Crippen molar-refractivity contribution in [2.24, 2.45) is 11.7 Å². The van der Waals surface area contributed by atoms with Gasteiger partial charge in [-0.1, -0.05) is 84.5 Å². The summed E-state index contributed by atoms with van der Waals surface area (Å²) in [6.07, 6.45) is 16.3. The summed E-state index contributed by atoms with van der Waals surface area (Å²) in [4.78, 5) is 0. The lowest BCUT2D eigenvalue weighted by atomic mass is 9.90. The average Bonchev–Trinajstić information content (AvgIpc) is 2.42. The standard InChI is InChI=1S/C17H37N3/c1-3-5-7-8-9-13-16(12-6-4-2)14-10-11-15-20-17(18)19/h16H,3-15H2,1-2H3,(H4,18,19,20)/t16-/m0/s1. The van der Waals surface area contributed by atoms with Gasteiger partial charge in [-0.05, 0) is 12.3 Å². The van der Waals surface area contributed by atoms with Crippen LogP contribution in [0.1, 0.15) is 90.9 Å². The SMILES string of the molecule is CCCCCCC[C@H](CCCC)CCCCNC(=N)N. The predicted molar refractivity (Wildman–Crippen MR) is 90.2 cm³/mol. The Morgan fingerprint density at radius 1 is 0.850 bits per heavy atom. The van der Waals surface area contributed by atoms with Crippen molar-refractivity contribution in [3.63, 3.8) is 0 Å². The molecule has 0 unspecified atom stereocenters. The van der Waals surface area contributed by atoms with Gasteiger partial charge in [-0.25, -0.2) is 0 Å². The zero-order chi connectivity index (χ0) is 15.1. The van der Waals surface area contributed by atoms with E-state index in [2.05, 4.69) is 19.2 Å². The molecule has 20 heavy (non-hydrogen) atoms. The van der Waals surface area contributed by atoms with Gasteiger partial charge in [-0.15, -0.1) is 0 Å². The topological polar surface area (TPSA) is 61.9 Å². The van der Waals surface area contributed by atoms with Crippen LogP contribution in [-0.2, 0) is 0 Å². The number of rotatable bonds is 14. The zero-order valence-electron chi connectivity index (χ0n) is 13.8. The fourth-order valence-corrected chi connectivity index (χ4v) is 2.74. The van der Waals surface area contributed by atoms with Crippen molar-refractivity contribution in [3.8, 4) is 0 Å². The van der Waals surface area contributed by atoms with Crippen LogP contribution in [0.5, 0.6) is 0 Å². The molecule has 0 aliphatic heterocycles. The van der Waals surface area contributed by atoms with Crippen LogP contribution in [-0.4, -0.2) is 12.5 Å². The number of unbranched alkanes of at least 4 members (excludes halogenated alkanes) is 6. The lowest BCUT2D eigenvalue weighted by Crippen LogP contribution is -2.30. The van der Waals surface area contributed by atoms with E-state index in [0.29, 0.717) is 0 Å². The largest absolute Gasteiger partial charge is 0.370 e. The van der Waals surface area contributed by atoms with Crippen molar-refractivity contribution in [2.75, 3.05) is 6.54 Å². The molecule has 3 nitrogen and oxygen atoms in total. The monoisotopic (exact) mass is 283 g/mol. The van der Waals surface area contributed by atoms with Gasteiger partial charge in [0.2, 0.25) is 0 Å². The summed E-state index contributed by atoms with van der Waals surface area (Å²) >= 11 is 0. The quantitative estimate of drug-likeness (QED) is 0.243. The van der Waals surface area contributed by atoms with E-state index in [0.717, 1.165) is 18.9 Å². The minimum Gasteiger partial charge on any atom is -0.370 e. The first-order valence-corrected chi connectivity index (χ1v) is 8.78. The first kappa shape index (κ1) is 19.3. The molecule has 0 rings (SSSR count). The van der Waals surface area contributed by atoms with Crippen LogP contribution in [0.2, 0.25) is 0 Å². The summed E-state index contributed by atoms with van der Waals surface area (Å²) < 4.78 is 0. The van der Waals surface area contributed by atoms with Gasteiger partial charge in [0.1, 0.15) is 0 Å². The van der Waals surface area contributed by atoms with Gasteiger partial charge in [-0.3, -0.25) is 5.41 Å². The molecule has 0 radical (unpaired) electrons. The number of nitrogens with two attached hydrogens (primary N) is 1. The molecule has 0 aromatic heterocycles. The lowest BCUT2D eigenvalue weighted by Gasteiger charge is -2.16. The molecule has 0 aromatic carbocycles. The third kappa shape index (κ3) is 13.7. The first-order chi connectivity index (χ1) is 9.70. The Hall–Kier alpha value is -0.730.